The maximum atomic E-state index is 5.70. The Balaban J connectivity index is 3.94. The first-order valence-corrected chi connectivity index (χ1v) is 6.68. The molecule has 0 unspecified atom stereocenters. The average Bonchev–Trinajstić information content (AvgIpc) is 2.21. The molecule has 96 valence electrons. The molecule has 0 aliphatic heterocycles. The minimum Gasteiger partial charge on any atom is -0.378 e. The Labute approximate surface area is 102 Å². The molecule has 0 aromatic carbocycles. The SMILES string of the molecule is B[C@@H](CC)CC(COC(C)C)COC(C)C. The van der Waals surface area contributed by atoms with E-state index in [1.54, 1.807) is 0 Å². The van der Waals surface area contributed by atoms with Crippen LogP contribution in [0.3, 0.4) is 0 Å². The molecule has 0 aromatic rings. The van der Waals surface area contributed by atoms with E-state index in [2.05, 4.69) is 42.5 Å². The van der Waals surface area contributed by atoms with Crippen LogP contribution in [0.1, 0.15) is 47.5 Å². The average molecular weight is 228 g/mol. The van der Waals surface area contributed by atoms with E-state index in [0.717, 1.165) is 19.0 Å². The third-order valence-corrected chi connectivity index (χ3v) is 2.76. The first-order valence-electron chi connectivity index (χ1n) is 6.68. The van der Waals surface area contributed by atoms with Crippen molar-refractivity contribution in [3.63, 3.8) is 0 Å². The van der Waals surface area contributed by atoms with Gasteiger partial charge in [0.25, 0.3) is 0 Å². The zero-order valence-corrected chi connectivity index (χ0v) is 12.0. The minimum atomic E-state index is 0.318. The van der Waals surface area contributed by atoms with Crippen LogP contribution in [0.25, 0.3) is 0 Å². The maximum Gasteiger partial charge on any atom is 0.105 e. The summed E-state index contributed by atoms with van der Waals surface area (Å²) in [5, 5.41) is 0. The Morgan fingerprint density at radius 2 is 1.38 bits per heavy atom. The first kappa shape index (κ1) is 16.0. The monoisotopic (exact) mass is 228 g/mol. The molecule has 0 heterocycles. The fourth-order valence-corrected chi connectivity index (χ4v) is 1.58. The highest BCUT2D eigenvalue weighted by molar-refractivity contribution is 6.11. The molecule has 2 nitrogen and oxygen atoms in total. The molecule has 0 rings (SSSR count). The van der Waals surface area contributed by atoms with Gasteiger partial charge in [0.1, 0.15) is 7.85 Å². The standard InChI is InChI=1S/C13H29BO2/c1-6-13(14)7-12(8-15-10(2)3)9-16-11(4)5/h10-13H,6-9,14H2,1-5H3/t13-/m0/s1. The lowest BCUT2D eigenvalue weighted by Crippen LogP contribution is -2.22. The van der Waals surface area contributed by atoms with Gasteiger partial charge in [-0.05, 0) is 27.7 Å². The van der Waals surface area contributed by atoms with Crippen molar-refractivity contribution >= 4 is 7.85 Å². The van der Waals surface area contributed by atoms with Crippen LogP contribution >= 0.6 is 0 Å². The van der Waals surface area contributed by atoms with Crippen molar-refractivity contribution < 1.29 is 9.47 Å². The molecule has 0 aliphatic rings. The Kier molecular flexibility index (Phi) is 9.05. The van der Waals surface area contributed by atoms with Gasteiger partial charge in [-0.1, -0.05) is 25.6 Å². The van der Waals surface area contributed by atoms with E-state index < -0.39 is 0 Å². The molecule has 16 heavy (non-hydrogen) atoms. The zero-order valence-electron chi connectivity index (χ0n) is 12.0. The van der Waals surface area contributed by atoms with Gasteiger partial charge in [0.15, 0.2) is 0 Å². The molecule has 1 atom stereocenters. The van der Waals surface area contributed by atoms with Gasteiger partial charge in [-0.25, -0.2) is 0 Å². The fourth-order valence-electron chi connectivity index (χ4n) is 1.58. The molecule has 0 N–H and O–H groups in total. The molecule has 3 heteroatoms. The zero-order chi connectivity index (χ0) is 12.6. The van der Waals surface area contributed by atoms with Gasteiger partial charge in [0.05, 0.1) is 25.4 Å². The Hall–Kier alpha value is -0.0151. The summed E-state index contributed by atoms with van der Waals surface area (Å²) in [5.74, 6) is 1.30. The summed E-state index contributed by atoms with van der Waals surface area (Å²) in [5.41, 5.74) is 0. The molecule has 0 aromatic heterocycles. The normalized spacial score (nSPS) is 14.0. The quantitative estimate of drug-likeness (QED) is 0.565. The van der Waals surface area contributed by atoms with Crippen LogP contribution in [0.2, 0.25) is 5.82 Å². The summed E-state index contributed by atoms with van der Waals surface area (Å²) in [4.78, 5) is 0. The van der Waals surface area contributed by atoms with Crippen molar-refractivity contribution in [2.24, 2.45) is 5.92 Å². The first-order chi connectivity index (χ1) is 7.45. The lowest BCUT2D eigenvalue weighted by Gasteiger charge is -2.22. The molecule has 0 saturated heterocycles. The van der Waals surface area contributed by atoms with Crippen LogP contribution in [0.15, 0.2) is 0 Å². The number of hydrogen-bond acceptors (Lipinski definition) is 2. The lowest BCUT2D eigenvalue weighted by molar-refractivity contribution is -0.00615. The Morgan fingerprint density at radius 1 is 0.938 bits per heavy atom. The second kappa shape index (κ2) is 9.06. The molecule has 0 radical (unpaired) electrons. The number of hydrogen-bond donors (Lipinski definition) is 0. The molecule has 0 bridgehead atoms. The van der Waals surface area contributed by atoms with Crippen molar-refractivity contribution in [1.82, 2.24) is 0 Å². The van der Waals surface area contributed by atoms with E-state index in [1.165, 1.54) is 12.8 Å². The van der Waals surface area contributed by atoms with Crippen LogP contribution in [0, 0.1) is 5.92 Å². The van der Waals surface area contributed by atoms with E-state index >= 15 is 0 Å². The van der Waals surface area contributed by atoms with Gasteiger partial charge in [0.2, 0.25) is 0 Å². The van der Waals surface area contributed by atoms with Crippen LogP contribution in [0.5, 0.6) is 0 Å². The van der Waals surface area contributed by atoms with E-state index in [4.69, 9.17) is 9.47 Å². The van der Waals surface area contributed by atoms with Gasteiger partial charge in [-0.3, -0.25) is 0 Å². The molecule has 0 aliphatic carbocycles. The van der Waals surface area contributed by atoms with Crippen molar-refractivity contribution in [1.29, 1.82) is 0 Å². The summed E-state index contributed by atoms with van der Waals surface area (Å²) in [7, 11) is 2.30. The summed E-state index contributed by atoms with van der Waals surface area (Å²) >= 11 is 0. The van der Waals surface area contributed by atoms with E-state index in [1.807, 2.05) is 0 Å². The van der Waals surface area contributed by atoms with Crippen molar-refractivity contribution in [3.05, 3.63) is 0 Å². The van der Waals surface area contributed by atoms with Gasteiger partial charge >= 0.3 is 0 Å². The van der Waals surface area contributed by atoms with Crippen molar-refractivity contribution in [3.8, 4) is 0 Å². The third kappa shape index (κ3) is 9.23. The second-order valence-corrected chi connectivity index (χ2v) is 5.38. The summed E-state index contributed by atoms with van der Waals surface area (Å²) in [6.07, 6.45) is 3.08. The topological polar surface area (TPSA) is 18.5 Å². The molecular weight excluding hydrogens is 199 g/mol. The van der Waals surface area contributed by atoms with E-state index in [9.17, 15) is 0 Å². The molecular formula is C13H29BO2. The largest absolute Gasteiger partial charge is 0.378 e. The van der Waals surface area contributed by atoms with Crippen LogP contribution in [-0.4, -0.2) is 33.3 Å². The third-order valence-electron chi connectivity index (χ3n) is 2.76. The van der Waals surface area contributed by atoms with Crippen LogP contribution in [0.4, 0.5) is 0 Å². The second-order valence-electron chi connectivity index (χ2n) is 5.38. The predicted molar refractivity (Wildman–Crippen MR) is 72.9 cm³/mol. The van der Waals surface area contributed by atoms with E-state index in [-0.39, 0.29) is 0 Å². The molecule has 0 saturated carbocycles. The predicted octanol–water partition coefficient (Wildman–Crippen LogP) is 2.67. The summed E-state index contributed by atoms with van der Waals surface area (Å²) in [6.45, 7) is 12.2. The molecule has 0 fully saturated rings. The van der Waals surface area contributed by atoms with E-state index in [0.29, 0.717) is 18.1 Å². The fraction of sp³-hybridized carbons (Fsp3) is 1.00. The Morgan fingerprint density at radius 3 is 1.69 bits per heavy atom. The smallest absolute Gasteiger partial charge is 0.105 e. The highest BCUT2D eigenvalue weighted by atomic mass is 16.5. The number of rotatable bonds is 9. The lowest BCUT2D eigenvalue weighted by atomic mass is 9.78. The van der Waals surface area contributed by atoms with Gasteiger partial charge in [-0.2, -0.15) is 0 Å². The van der Waals surface area contributed by atoms with Crippen LogP contribution < -0.4 is 0 Å². The maximum absolute atomic E-state index is 5.70. The summed E-state index contributed by atoms with van der Waals surface area (Å²) < 4.78 is 11.4. The highest BCUT2D eigenvalue weighted by Gasteiger charge is 2.14. The Bertz CT molecular complexity index is 148. The molecule has 0 amide bonds. The highest BCUT2D eigenvalue weighted by Crippen LogP contribution is 2.19. The van der Waals surface area contributed by atoms with Crippen LogP contribution in [-0.2, 0) is 9.47 Å². The van der Waals surface area contributed by atoms with Crippen molar-refractivity contribution in [2.45, 2.75) is 65.5 Å². The minimum absolute atomic E-state index is 0.318. The van der Waals surface area contributed by atoms with Crippen molar-refractivity contribution in [2.75, 3.05) is 13.2 Å². The van der Waals surface area contributed by atoms with Gasteiger partial charge in [-0.15, -0.1) is 0 Å². The summed E-state index contributed by atoms with van der Waals surface area (Å²) in [6, 6.07) is 0. The van der Waals surface area contributed by atoms with Gasteiger partial charge < -0.3 is 9.47 Å². The molecule has 0 spiro atoms. The number of ether oxygens (including phenoxy) is 2. The van der Waals surface area contributed by atoms with Gasteiger partial charge in [0, 0.05) is 5.92 Å².